The molecule has 30 heavy (non-hydrogen) atoms. The summed E-state index contributed by atoms with van der Waals surface area (Å²) in [4.78, 5) is 18.9. The SMILES string of the molecule is Cc1cc(OC(C)C)ccc1-c1cnc(-c2ccc(CN3CC(C(=O)O)C3)cc2)s1. The summed E-state index contributed by atoms with van der Waals surface area (Å²) in [6.45, 7) is 8.21. The molecule has 1 aromatic heterocycles. The van der Waals surface area contributed by atoms with Crippen LogP contribution in [-0.4, -0.2) is 40.2 Å². The minimum atomic E-state index is -0.696. The van der Waals surface area contributed by atoms with Crippen molar-refractivity contribution in [3.8, 4) is 26.8 Å². The molecule has 0 amide bonds. The topological polar surface area (TPSA) is 62.7 Å². The number of thiazole rings is 1. The van der Waals surface area contributed by atoms with E-state index in [0.717, 1.165) is 27.7 Å². The third-order valence-electron chi connectivity index (χ3n) is 5.25. The van der Waals surface area contributed by atoms with Gasteiger partial charge in [0.25, 0.3) is 0 Å². The summed E-state index contributed by atoms with van der Waals surface area (Å²) in [6, 6.07) is 14.6. The Bertz CT molecular complexity index is 1040. The van der Waals surface area contributed by atoms with Gasteiger partial charge < -0.3 is 9.84 Å². The maximum atomic E-state index is 10.9. The fourth-order valence-corrected chi connectivity index (χ4v) is 4.67. The highest BCUT2D eigenvalue weighted by Crippen LogP contribution is 2.35. The molecule has 0 unspecified atom stereocenters. The minimum Gasteiger partial charge on any atom is -0.491 e. The van der Waals surface area contributed by atoms with Gasteiger partial charge in [-0.25, -0.2) is 4.98 Å². The molecule has 156 valence electrons. The second-order valence-corrected chi connectivity index (χ2v) is 9.13. The number of carboxylic acids is 1. The van der Waals surface area contributed by atoms with Gasteiger partial charge in [-0.1, -0.05) is 24.3 Å². The van der Waals surface area contributed by atoms with Crippen LogP contribution in [0.3, 0.4) is 0 Å². The number of ether oxygens (including phenoxy) is 1. The van der Waals surface area contributed by atoms with Crippen LogP contribution in [0.2, 0.25) is 0 Å². The zero-order chi connectivity index (χ0) is 21.3. The summed E-state index contributed by atoms with van der Waals surface area (Å²) in [7, 11) is 0. The molecule has 0 radical (unpaired) electrons. The van der Waals surface area contributed by atoms with Gasteiger partial charge in [0.1, 0.15) is 10.8 Å². The van der Waals surface area contributed by atoms with E-state index < -0.39 is 5.97 Å². The number of likely N-dealkylation sites (tertiary alicyclic amines) is 1. The molecule has 1 N–H and O–H groups in total. The lowest BCUT2D eigenvalue weighted by Crippen LogP contribution is -2.49. The average Bonchev–Trinajstić information content (AvgIpc) is 3.14. The Balaban J connectivity index is 1.43. The van der Waals surface area contributed by atoms with E-state index in [0.29, 0.717) is 13.1 Å². The van der Waals surface area contributed by atoms with Crippen LogP contribution in [0.15, 0.2) is 48.7 Å². The lowest BCUT2D eigenvalue weighted by molar-refractivity contribution is -0.147. The predicted octanol–water partition coefficient (Wildman–Crippen LogP) is 5.09. The standard InChI is InChI=1S/C24H26N2O3S/c1-15(2)29-20-8-9-21(16(3)10-20)22-11-25-23(30-22)18-6-4-17(5-7-18)12-26-13-19(14-26)24(27)28/h4-11,15,19H,12-14H2,1-3H3,(H,27,28). The molecule has 1 aliphatic rings. The monoisotopic (exact) mass is 422 g/mol. The summed E-state index contributed by atoms with van der Waals surface area (Å²) >= 11 is 1.68. The second kappa shape index (κ2) is 8.58. The Morgan fingerprint density at radius 2 is 1.97 bits per heavy atom. The molecule has 1 aliphatic heterocycles. The molecule has 1 fully saturated rings. The Morgan fingerprint density at radius 1 is 1.23 bits per heavy atom. The van der Waals surface area contributed by atoms with Gasteiger partial charge in [0.05, 0.1) is 16.9 Å². The summed E-state index contributed by atoms with van der Waals surface area (Å²) in [5.74, 6) is -0.0191. The molecule has 3 aromatic rings. The van der Waals surface area contributed by atoms with Crippen molar-refractivity contribution < 1.29 is 14.6 Å². The maximum absolute atomic E-state index is 10.9. The number of aromatic nitrogens is 1. The van der Waals surface area contributed by atoms with E-state index in [-0.39, 0.29) is 12.0 Å². The van der Waals surface area contributed by atoms with Crippen LogP contribution in [0.5, 0.6) is 5.75 Å². The zero-order valence-corrected chi connectivity index (χ0v) is 18.3. The van der Waals surface area contributed by atoms with Gasteiger partial charge in [-0.15, -0.1) is 11.3 Å². The van der Waals surface area contributed by atoms with Crippen LogP contribution in [0.1, 0.15) is 25.0 Å². The van der Waals surface area contributed by atoms with Crippen LogP contribution in [0, 0.1) is 12.8 Å². The van der Waals surface area contributed by atoms with Crippen LogP contribution >= 0.6 is 11.3 Å². The van der Waals surface area contributed by atoms with Crippen molar-refractivity contribution in [1.82, 2.24) is 9.88 Å². The maximum Gasteiger partial charge on any atom is 0.309 e. The number of nitrogens with zero attached hydrogens (tertiary/aromatic N) is 2. The molecule has 6 heteroatoms. The lowest BCUT2D eigenvalue weighted by Gasteiger charge is -2.36. The van der Waals surface area contributed by atoms with E-state index in [1.807, 2.05) is 26.1 Å². The molecule has 5 nitrogen and oxygen atoms in total. The van der Waals surface area contributed by atoms with Gasteiger partial charge in [-0.05, 0) is 55.7 Å². The Kier molecular flexibility index (Phi) is 5.88. The van der Waals surface area contributed by atoms with Crippen molar-refractivity contribution in [2.24, 2.45) is 5.92 Å². The van der Waals surface area contributed by atoms with E-state index in [2.05, 4.69) is 53.2 Å². The van der Waals surface area contributed by atoms with E-state index in [1.54, 1.807) is 11.3 Å². The first kappa shape index (κ1) is 20.6. The Labute approximate surface area is 181 Å². The fourth-order valence-electron chi connectivity index (χ4n) is 3.66. The number of carboxylic acid groups (broad SMARTS) is 1. The minimum absolute atomic E-state index is 0.160. The van der Waals surface area contributed by atoms with Crippen LogP contribution in [0.25, 0.3) is 21.0 Å². The first-order chi connectivity index (χ1) is 14.4. The summed E-state index contributed by atoms with van der Waals surface area (Å²) in [6.07, 6.45) is 2.10. The Morgan fingerprint density at radius 3 is 2.60 bits per heavy atom. The molecule has 2 aromatic carbocycles. The van der Waals surface area contributed by atoms with Crippen molar-refractivity contribution in [1.29, 1.82) is 0 Å². The van der Waals surface area contributed by atoms with E-state index in [9.17, 15) is 4.79 Å². The highest BCUT2D eigenvalue weighted by Gasteiger charge is 2.32. The lowest BCUT2D eigenvalue weighted by atomic mass is 9.99. The van der Waals surface area contributed by atoms with Gasteiger partial charge in [-0.2, -0.15) is 0 Å². The molecule has 2 heterocycles. The number of aliphatic carboxylic acids is 1. The molecule has 0 atom stereocenters. The van der Waals surface area contributed by atoms with Crippen LogP contribution < -0.4 is 4.74 Å². The molecule has 0 spiro atoms. The van der Waals surface area contributed by atoms with Gasteiger partial charge >= 0.3 is 5.97 Å². The average molecular weight is 423 g/mol. The summed E-state index contributed by atoms with van der Waals surface area (Å²) in [5, 5.41) is 9.98. The molecular weight excluding hydrogens is 396 g/mol. The van der Waals surface area contributed by atoms with Crippen molar-refractivity contribution in [2.75, 3.05) is 13.1 Å². The second-order valence-electron chi connectivity index (χ2n) is 8.10. The van der Waals surface area contributed by atoms with Crippen LogP contribution in [0.4, 0.5) is 0 Å². The summed E-state index contributed by atoms with van der Waals surface area (Å²) < 4.78 is 5.78. The number of hydrogen-bond donors (Lipinski definition) is 1. The third kappa shape index (κ3) is 4.55. The van der Waals surface area contributed by atoms with Crippen molar-refractivity contribution in [3.05, 3.63) is 59.8 Å². The third-order valence-corrected chi connectivity index (χ3v) is 6.33. The molecule has 4 rings (SSSR count). The largest absolute Gasteiger partial charge is 0.491 e. The highest BCUT2D eigenvalue weighted by molar-refractivity contribution is 7.18. The number of aryl methyl sites for hydroxylation is 1. The number of rotatable bonds is 7. The normalized spacial score (nSPS) is 14.7. The highest BCUT2D eigenvalue weighted by atomic mass is 32.1. The predicted molar refractivity (Wildman–Crippen MR) is 120 cm³/mol. The number of hydrogen-bond acceptors (Lipinski definition) is 5. The van der Waals surface area contributed by atoms with Crippen molar-refractivity contribution >= 4 is 17.3 Å². The van der Waals surface area contributed by atoms with Crippen molar-refractivity contribution in [3.63, 3.8) is 0 Å². The van der Waals surface area contributed by atoms with Gasteiger partial charge in [0.2, 0.25) is 0 Å². The first-order valence-electron chi connectivity index (χ1n) is 10.2. The van der Waals surface area contributed by atoms with Crippen LogP contribution in [-0.2, 0) is 11.3 Å². The van der Waals surface area contributed by atoms with E-state index >= 15 is 0 Å². The molecule has 0 saturated carbocycles. The Hall–Kier alpha value is -2.70. The molecule has 1 saturated heterocycles. The smallest absolute Gasteiger partial charge is 0.309 e. The molecular formula is C24H26N2O3S. The van der Waals surface area contributed by atoms with Gasteiger partial charge in [-0.3, -0.25) is 9.69 Å². The number of benzene rings is 2. The van der Waals surface area contributed by atoms with E-state index in [4.69, 9.17) is 9.84 Å². The quantitative estimate of drug-likeness (QED) is 0.575. The summed E-state index contributed by atoms with van der Waals surface area (Å²) in [5.41, 5.74) is 4.64. The fraction of sp³-hybridized carbons (Fsp3) is 0.333. The van der Waals surface area contributed by atoms with E-state index in [1.165, 1.54) is 16.7 Å². The van der Waals surface area contributed by atoms with Gasteiger partial charge in [0.15, 0.2) is 0 Å². The van der Waals surface area contributed by atoms with Crippen molar-refractivity contribution in [2.45, 2.75) is 33.4 Å². The first-order valence-corrected chi connectivity index (χ1v) is 11.0. The zero-order valence-electron chi connectivity index (χ0n) is 17.5. The molecule has 0 bridgehead atoms. The number of carbonyl (C=O) groups is 1. The molecule has 0 aliphatic carbocycles. The van der Waals surface area contributed by atoms with Gasteiger partial charge in [0, 0.05) is 31.4 Å².